The lowest BCUT2D eigenvalue weighted by Gasteiger charge is -2.10. The largest absolute Gasteiger partial charge is 0.383 e. The second-order valence-electron chi connectivity index (χ2n) is 5.36. The highest BCUT2D eigenvalue weighted by Gasteiger charge is 2.13. The molecule has 2 aromatic rings. The molecule has 1 aromatic heterocycles. The highest BCUT2D eigenvalue weighted by molar-refractivity contribution is 6.04. The van der Waals surface area contributed by atoms with Gasteiger partial charge in [0, 0.05) is 19.3 Å². The number of anilines is 1. The van der Waals surface area contributed by atoms with Gasteiger partial charge in [0.05, 0.1) is 6.61 Å². The Morgan fingerprint density at radius 1 is 1.04 bits per heavy atom. The van der Waals surface area contributed by atoms with Gasteiger partial charge < -0.3 is 15.4 Å². The number of nitrogens with zero attached hydrogens (tertiary/aromatic N) is 1. The zero-order valence-electron chi connectivity index (χ0n) is 14.1. The minimum Gasteiger partial charge on any atom is -0.383 e. The van der Waals surface area contributed by atoms with E-state index in [2.05, 4.69) is 15.6 Å². The van der Waals surface area contributed by atoms with Crippen molar-refractivity contribution < 1.29 is 14.3 Å². The highest BCUT2D eigenvalue weighted by Crippen LogP contribution is 2.18. The van der Waals surface area contributed by atoms with E-state index >= 15 is 0 Å². The topological polar surface area (TPSA) is 80.3 Å². The summed E-state index contributed by atoms with van der Waals surface area (Å²) in [7, 11) is 1.56. The number of aromatic nitrogens is 1. The Balaban J connectivity index is 2.11. The molecule has 0 spiro atoms. The van der Waals surface area contributed by atoms with Gasteiger partial charge in [-0.2, -0.15) is 0 Å². The number of nitrogens with one attached hydrogen (secondary N) is 2. The normalized spacial score (nSPS) is 10.3. The maximum absolute atomic E-state index is 12.4. The number of amides is 2. The van der Waals surface area contributed by atoms with Crippen LogP contribution in [0.15, 0.2) is 36.4 Å². The molecule has 126 valence electrons. The third-order valence-corrected chi connectivity index (χ3v) is 3.66. The fourth-order valence-electron chi connectivity index (χ4n) is 2.12. The van der Waals surface area contributed by atoms with Crippen molar-refractivity contribution in [3.05, 3.63) is 58.9 Å². The van der Waals surface area contributed by atoms with Crippen LogP contribution in [0.25, 0.3) is 0 Å². The summed E-state index contributed by atoms with van der Waals surface area (Å²) in [4.78, 5) is 28.5. The number of hydrogen-bond donors (Lipinski definition) is 2. The molecule has 24 heavy (non-hydrogen) atoms. The van der Waals surface area contributed by atoms with Gasteiger partial charge in [-0.25, -0.2) is 4.98 Å². The predicted octanol–water partition coefficient (Wildman–Crippen LogP) is 2.33. The summed E-state index contributed by atoms with van der Waals surface area (Å²) >= 11 is 0. The fraction of sp³-hybridized carbons (Fsp3) is 0.278. The van der Waals surface area contributed by atoms with E-state index in [9.17, 15) is 9.59 Å². The highest BCUT2D eigenvalue weighted by atomic mass is 16.5. The summed E-state index contributed by atoms with van der Waals surface area (Å²) < 4.78 is 4.88. The average Bonchev–Trinajstić information content (AvgIpc) is 2.59. The van der Waals surface area contributed by atoms with Crippen LogP contribution < -0.4 is 10.6 Å². The van der Waals surface area contributed by atoms with Crippen molar-refractivity contribution in [3.63, 3.8) is 0 Å². The molecule has 0 aliphatic rings. The molecule has 1 heterocycles. The molecule has 6 heteroatoms. The van der Waals surface area contributed by atoms with Crippen molar-refractivity contribution in [3.8, 4) is 0 Å². The molecule has 2 N–H and O–H groups in total. The van der Waals surface area contributed by atoms with E-state index in [1.807, 2.05) is 32.0 Å². The Morgan fingerprint density at radius 3 is 2.42 bits per heavy atom. The number of ether oxygens (including phenoxy) is 1. The predicted molar refractivity (Wildman–Crippen MR) is 92.3 cm³/mol. The van der Waals surface area contributed by atoms with Crippen LogP contribution in [0, 0.1) is 13.8 Å². The monoisotopic (exact) mass is 327 g/mol. The van der Waals surface area contributed by atoms with Crippen molar-refractivity contribution in [2.75, 3.05) is 25.6 Å². The summed E-state index contributed by atoms with van der Waals surface area (Å²) in [6.45, 7) is 4.72. The Bertz CT molecular complexity index is 744. The molecular weight excluding hydrogens is 306 g/mol. The molecule has 0 aliphatic heterocycles. The molecule has 0 radical (unpaired) electrons. The number of rotatable bonds is 6. The molecule has 0 bridgehead atoms. The van der Waals surface area contributed by atoms with Gasteiger partial charge >= 0.3 is 0 Å². The van der Waals surface area contributed by atoms with Gasteiger partial charge in [-0.05, 0) is 43.2 Å². The summed E-state index contributed by atoms with van der Waals surface area (Å²) in [5.41, 5.74) is 3.21. The van der Waals surface area contributed by atoms with Crippen molar-refractivity contribution >= 4 is 17.5 Å². The van der Waals surface area contributed by atoms with E-state index in [4.69, 9.17) is 4.74 Å². The Labute approximate surface area is 141 Å². The molecule has 2 rings (SSSR count). The first-order chi connectivity index (χ1) is 11.5. The molecule has 0 saturated carbocycles. The van der Waals surface area contributed by atoms with Gasteiger partial charge in [0.2, 0.25) is 0 Å². The number of carbonyl (C=O) groups excluding carboxylic acids is 2. The van der Waals surface area contributed by atoms with E-state index in [0.29, 0.717) is 13.2 Å². The zero-order chi connectivity index (χ0) is 17.5. The molecule has 0 aliphatic carbocycles. The first-order valence-electron chi connectivity index (χ1n) is 7.64. The van der Waals surface area contributed by atoms with Gasteiger partial charge in [0.25, 0.3) is 11.8 Å². The Kier molecular flexibility index (Phi) is 6.03. The summed E-state index contributed by atoms with van der Waals surface area (Å²) in [6.07, 6.45) is 0. The first kappa shape index (κ1) is 17.6. The lowest BCUT2D eigenvalue weighted by Crippen LogP contribution is -2.28. The van der Waals surface area contributed by atoms with E-state index in [0.717, 1.165) is 16.8 Å². The van der Waals surface area contributed by atoms with Crippen LogP contribution in [0.2, 0.25) is 0 Å². The summed E-state index contributed by atoms with van der Waals surface area (Å²) in [5.74, 6) is -0.691. The molecule has 0 atom stereocenters. The smallest absolute Gasteiger partial charge is 0.274 e. The Morgan fingerprint density at radius 2 is 1.71 bits per heavy atom. The summed E-state index contributed by atoms with van der Waals surface area (Å²) in [6, 6.07) is 10.5. The SMILES string of the molecule is COCCNC(=O)c1cccc(C(=O)Nc2cccc(C)c2C)n1. The zero-order valence-corrected chi connectivity index (χ0v) is 14.1. The van der Waals surface area contributed by atoms with Crippen LogP contribution in [-0.4, -0.2) is 37.1 Å². The van der Waals surface area contributed by atoms with Gasteiger partial charge in [-0.1, -0.05) is 18.2 Å². The molecule has 0 saturated heterocycles. The maximum Gasteiger partial charge on any atom is 0.274 e. The van der Waals surface area contributed by atoms with Gasteiger partial charge in [-0.15, -0.1) is 0 Å². The van der Waals surface area contributed by atoms with Crippen LogP contribution in [0.3, 0.4) is 0 Å². The van der Waals surface area contributed by atoms with Crippen LogP contribution in [0.5, 0.6) is 0 Å². The number of methoxy groups -OCH3 is 1. The van der Waals surface area contributed by atoms with E-state index in [1.54, 1.807) is 25.3 Å². The lowest BCUT2D eigenvalue weighted by atomic mass is 10.1. The van der Waals surface area contributed by atoms with Crippen LogP contribution in [-0.2, 0) is 4.74 Å². The minimum atomic E-state index is -0.352. The maximum atomic E-state index is 12.4. The van der Waals surface area contributed by atoms with E-state index in [1.165, 1.54) is 0 Å². The standard InChI is InChI=1S/C18H21N3O3/c1-12-6-4-7-14(13(12)2)21-18(23)16-9-5-8-15(20-16)17(22)19-10-11-24-3/h4-9H,10-11H2,1-3H3,(H,19,22)(H,21,23). The third-order valence-electron chi connectivity index (χ3n) is 3.66. The van der Waals surface area contributed by atoms with E-state index < -0.39 is 0 Å². The fourth-order valence-corrected chi connectivity index (χ4v) is 2.12. The van der Waals surface area contributed by atoms with E-state index in [-0.39, 0.29) is 23.2 Å². The lowest BCUT2D eigenvalue weighted by molar-refractivity contribution is 0.0932. The quantitative estimate of drug-likeness (QED) is 0.798. The first-order valence-corrected chi connectivity index (χ1v) is 7.64. The van der Waals surface area contributed by atoms with Crippen molar-refractivity contribution in [1.82, 2.24) is 10.3 Å². The second kappa shape index (κ2) is 8.21. The van der Waals surface area contributed by atoms with Gasteiger partial charge in [-0.3, -0.25) is 9.59 Å². The van der Waals surface area contributed by atoms with Gasteiger partial charge in [0.1, 0.15) is 11.4 Å². The Hall–Kier alpha value is -2.73. The molecule has 2 amide bonds. The number of pyridine rings is 1. The number of hydrogen-bond acceptors (Lipinski definition) is 4. The number of benzene rings is 1. The van der Waals surface area contributed by atoms with Crippen molar-refractivity contribution in [2.45, 2.75) is 13.8 Å². The van der Waals surface area contributed by atoms with Gasteiger partial charge in [0.15, 0.2) is 0 Å². The van der Waals surface area contributed by atoms with Crippen LogP contribution in [0.4, 0.5) is 5.69 Å². The molecule has 1 aromatic carbocycles. The van der Waals surface area contributed by atoms with Crippen LogP contribution in [0.1, 0.15) is 32.1 Å². The van der Waals surface area contributed by atoms with Crippen molar-refractivity contribution in [1.29, 1.82) is 0 Å². The number of carbonyl (C=O) groups is 2. The molecule has 0 fully saturated rings. The minimum absolute atomic E-state index is 0.190. The molecule has 0 unspecified atom stereocenters. The molecular formula is C18H21N3O3. The average molecular weight is 327 g/mol. The molecule has 6 nitrogen and oxygen atoms in total. The summed E-state index contributed by atoms with van der Waals surface area (Å²) in [5, 5.41) is 5.51. The second-order valence-corrected chi connectivity index (χ2v) is 5.36. The van der Waals surface area contributed by atoms with Crippen molar-refractivity contribution in [2.24, 2.45) is 0 Å². The number of aryl methyl sites for hydroxylation is 1. The third kappa shape index (κ3) is 4.39. The van der Waals surface area contributed by atoms with Crippen LogP contribution >= 0.6 is 0 Å².